The van der Waals surface area contributed by atoms with Crippen LogP contribution < -0.4 is 0 Å². The zero-order chi connectivity index (χ0) is 32.7. The Morgan fingerprint density at radius 3 is 1.61 bits per heavy atom. The minimum absolute atomic E-state index is 0.0753. The topological polar surface area (TPSA) is 0 Å². The molecule has 0 fully saturated rings. The zero-order valence-electron chi connectivity index (χ0n) is 27.7. The van der Waals surface area contributed by atoms with Gasteiger partial charge >= 0.3 is 0 Å². The van der Waals surface area contributed by atoms with Crippen LogP contribution in [-0.4, -0.2) is 0 Å². The molecule has 1 aliphatic carbocycles. The van der Waals surface area contributed by atoms with Crippen LogP contribution in [0.25, 0.3) is 87.6 Å². The summed E-state index contributed by atoms with van der Waals surface area (Å²) in [4.78, 5) is 0. The normalized spacial score (nSPS) is 13.3. The zero-order valence-corrected chi connectivity index (χ0v) is 27.7. The second-order valence-electron chi connectivity index (χ2n) is 14.0. The van der Waals surface area contributed by atoms with Crippen molar-refractivity contribution in [1.29, 1.82) is 0 Å². The molecule has 0 saturated heterocycles. The van der Waals surface area contributed by atoms with E-state index in [4.69, 9.17) is 0 Å². The van der Waals surface area contributed by atoms with Crippen LogP contribution in [0.2, 0.25) is 0 Å². The van der Waals surface area contributed by atoms with Crippen LogP contribution in [0.5, 0.6) is 0 Å². The summed E-state index contributed by atoms with van der Waals surface area (Å²) >= 11 is 0. The van der Waals surface area contributed by atoms with Gasteiger partial charge in [0, 0.05) is 5.41 Å². The van der Waals surface area contributed by atoms with Gasteiger partial charge in [-0.3, -0.25) is 0 Å². The largest absolute Gasteiger partial charge is 0.0619 e. The van der Waals surface area contributed by atoms with Gasteiger partial charge in [-0.15, -0.1) is 0 Å². The molecule has 0 atom stereocenters. The lowest BCUT2D eigenvalue weighted by atomic mass is 9.78. The van der Waals surface area contributed by atoms with Crippen molar-refractivity contribution in [1.82, 2.24) is 0 Å². The quantitative estimate of drug-likeness (QED) is 0.172. The van der Waals surface area contributed by atoms with E-state index in [0.717, 1.165) is 0 Å². The summed E-state index contributed by atoms with van der Waals surface area (Å²) in [5.74, 6) is 0. The molecule has 0 amide bonds. The van der Waals surface area contributed by atoms with Gasteiger partial charge in [0.05, 0.1) is 0 Å². The van der Waals surface area contributed by atoms with Crippen LogP contribution in [0.4, 0.5) is 0 Å². The lowest BCUT2D eigenvalue weighted by Crippen LogP contribution is -2.15. The highest BCUT2D eigenvalue weighted by atomic mass is 14.4. The smallest absolute Gasteiger partial charge is 0.0165 e. The Hall–Kier alpha value is -5.98. The molecule has 0 unspecified atom stereocenters. The molecular weight excluding hydrogens is 589 g/mol. The summed E-state index contributed by atoms with van der Waals surface area (Å²) in [6.07, 6.45) is 0. The van der Waals surface area contributed by atoms with E-state index < -0.39 is 0 Å². The average molecular weight is 623 g/mol. The summed E-state index contributed by atoms with van der Waals surface area (Å²) in [6, 6.07) is 63.1. The Morgan fingerprint density at radius 2 is 0.878 bits per heavy atom. The number of benzene rings is 9. The Kier molecular flexibility index (Phi) is 6.02. The van der Waals surface area contributed by atoms with E-state index in [-0.39, 0.29) is 5.41 Å². The lowest BCUT2D eigenvalue weighted by Gasteiger charge is -2.25. The molecule has 230 valence electrons. The summed E-state index contributed by atoms with van der Waals surface area (Å²) in [7, 11) is 0. The first-order chi connectivity index (χ1) is 24.1. The van der Waals surface area contributed by atoms with E-state index in [1.165, 1.54) is 98.7 Å². The molecule has 0 aromatic heterocycles. The molecule has 0 nitrogen and oxygen atoms in total. The predicted molar refractivity (Wildman–Crippen MR) is 210 cm³/mol. The van der Waals surface area contributed by atoms with Gasteiger partial charge in [-0.25, -0.2) is 0 Å². The maximum absolute atomic E-state index is 2.50. The monoisotopic (exact) mass is 622 g/mol. The van der Waals surface area contributed by atoms with Crippen molar-refractivity contribution >= 4 is 43.1 Å². The van der Waals surface area contributed by atoms with Gasteiger partial charge in [-0.05, 0) is 117 Å². The second kappa shape index (κ2) is 10.5. The second-order valence-corrected chi connectivity index (χ2v) is 14.0. The van der Waals surface area contributed by atoms with Gasteiger partial charge in [0.2, 0.25) is 0 Å². The highest BCUT2D eigenvalue weighted by Gasteiger charge is 2.37. The fourth-order valence-electron chi connectivity index (χ4n) is 8.82. The third-order valence-electron chi connectivity index (χ3n) is 11.0. The van der Waals surface area contributed by atoms with E-state index in [1.807, 2.05) is 0 Å². The molecule has 0 radical (unpaired) electrons. The summed E-state index contributed by atoms with van der Waals surface area (Å²) in [6.45, 7) is 4.77. The van der Waals surface area contributed by atoms with Crippen LogP contribution in [0.15, 0.2) is 170 Å². The molecule has 49 heavy (non-hydrogen) atoms. The van der Waals surface area contributed by atoms with E-state index >= 15 is 0 Å². The molecule has 9 aromatic rings. The number of fused-ring (bicyclic) bond motifs is 8. The van der Waals surface area contributed by atoms with Crippen LogP contribution in [0.3, 0.4) is 0 Å². The Morgan fingerprint density at radius 1 is 0.327 bits per heavy atom. The first kappa shape index (κ1) is 28.1. The van der Waals surface area contributed by atoms with Gasteiger partial charge in [0.15, 0.2) is 0 Å². The van der Waals surface area contributed by atoms with Gasteiger partial charge in [0.25, 0.3) is 0 Å². The van der Waals surface area contributed by atoms with Crippen molar-refractivity contribution < 1.29 is 0 Å². The molecule has 1 aliphatic rings. The number of rotatable bonds is 3. The van der Waals surface area contributed by atoms with Crippen molar-refractivity contribution in [3.8, 4) is 44.5 Å². The first-order valence-corrected chi connectivity index (χ1v) is 17.3. The fourth-order valence-corrected chi connectivity index (χ4v) is 8.82. The molecule has 0 aliphatic heterocycles. The summed E-state index contributed by atoms with van der Waals surface area (Å²) < 4.78 is 0. The first-order valence-electron chi connectivity index (χ1n) is 17.3. The Labute approximate surface area is 286 Å². The SMILES string of the molecule is CC1(C)c2ccccc2-c2cc(-c3c4ccccc4c(-c4cccc(-c5ccc6ccccc6c5)c4)c4ccccc34)c3ccccc3c21. The average Bonchev–Trinajstić information content (AvgIpc) is 3.39. The predicted octanol–water partition coefficient (Wildman–Crippen LogP) is 13.6. The van der Waals surface area contributed by atoms with Gasteiger partial charge in [0.1, 0.15) is 0 Å². The van der Waals surface area contributed by atoms with Crippen molar-refractivity contribution in [2.45, 2.75) is 19.3 Å². The van der Waals surface area contributed by atoms with Crippen molar-refractivity contribution in [2.24, 2.45) is 0 Å². The Bertz CT molecular complexity index is 2740. The van der Waals surface area contributed by atoms with Gasteiger partial charge in [-0.2, -0.15) is 0 Å². The van der Waals surface area contributed by atoms with E-state index in [9.17, 15) is 0 Å². The number of hydrogen-bond acceptors (Lipinski definition) is 0. The van der Waals surface area contributed by atoms with Crippen molar-refractivity contribution in [3.63, 3.8) is 0 Å². The molecular formula is C49H34. The number of hydrogen-bond donors (Lipinski definition) is 0. The summed E-state index contributed by atoms with van der Waals surface area (Å²) in [5, 5.41) is 10.3. The summed E-state index contributed by atoms with van der Waals surface area (Å²) in [5.41, 5.74) is 13.1. The van der Waals surface area contributed by atoms with Gasteiger partial charge < -0.3 is 0 Å². The maximum atomic E-state index is 2.50. The highest BCUT2D eigenvalue weighted by Crippen LogP contribution is 2.54. The molecule has 0 N–H and O–H groups in total. The maximum Gasteiger partial charge on any atom is 0.0165 e. The van der Waals surface area contributed by atoms with E-state index in [1.54, 1.807) is 0 Å². The molecule has 9 aromatic carbocycles. The third kappa shape index (κ3) is 4.11. The lowest BCUT2D eigenvalue weighted by molar-refractivity contribution is 0.666. The minimum atomic E-state index is -0.0753. The fraction of sp³-hybridized carbons (Fsp3) is 0.0612. The van der Waals surface area contributed by atoms with Crippen molar-refractivity contribution in [2.75, 3.05) is 0 Å². The standard InChI is InChI=1S/C49H34/c1-49(2)45-25-12-11-19-37(45)44-30-43(36-18-5-10-24-42(36)48(44)49)47-40-22-8-6-20-38(40)46(39-21-7-9-23-41(39)47)35-17-13-16-33(29-35)34-27-26-31-14-3-4-15-32(31)28-34/h3-30H,1-2H3. The van der Waals surface area contributed by atoms with Gasteiger partial charge in [-0.1, -0.05) is 166 Å². The molecule has 0 heterocycles. The minimum Gasteiger partial charge on any atom is -0.0619 e. The molecule has 0 bridgehead atoms. The van der Waals surface area contributed by atoms with Crippen LogP contribution in [-0.2, 0) is 5.41 Å². The van der Waals surface area contributed by atoms with Crippen molar-refractivity contribution in [3.05, 3.63) is 181 Å². The molecule has 0 spiro atoms. The van der Waals surface area contributed by atoms with E-state index in [2.05, 4.69) is 184 Å². The molecule has 10 rings (SSSR count). The van der Waals surface area contributed by atoms with E-state index in [0.29, 0.717) is 0 Å². The third-order valence-corrected chi connectivity index (χ3v) is 11.0. The van der Waals surface area contributed by atoms with Crippen LogP contribution in [0.1, 0.15) is 25.0 Å². The Balaban J connectivity index is 1.27. The van der Waals surface area contributed by atoms with Crippen LogP contribution >= 0.6 is 0 Å². The molecule has 0 saturated carbocycles. The molecule has 0 heteroatoms. The van der Waals surface area contributed by atoms with Crippen LogP contribution in [0, 0.1) is 0 Å². The highest BCUT2D eigenvalue weighted by molar-refractivity contribution is 6.24.